The van der Waals surface area contributed by atoms with Crippen LogP contribution in [0, 0.1) is 13.8 Å². The highest BCUT2D eigenvalue weighted by molar-refractivity contribution is 7.92. The number of amides is 1. The van der Waals surface area contributed by atoms with E-state index in [0.29, 0.717) is 17.1 Å². The molecule has 1 heterocycles. The number of aromatic nitrogens is 1. The van der Waals surface area contributed by atoms with E-state index >= 15 is 0 Å². The van der Waals surface area contributed by atoms with Gasteiger partial charge in [0.15, 0.2) is 0 Å². The van der Waals surface area contributed by atoms with Crippen molar-refractivity contribution in [3.05, 3.63) is 83.6 Å². The van der Waals surface area contributed by atoms with E-state index in [0.717, 1.165) is 11.1 Å². The summed E-state index contributed by atoms with van der Waals surface area (Å²) < 4.78 is 27.6. The van der Waals surface area contributed by atoms with Gasteiger partial charge in [0.25, 0.3) is 15.9 Å². The van der Waals surface area contributed by atoms with Gasteiger partial charge in [0.2, 0.25) is 0 Å². The number of anilines is 2. The zero-order valence-electron chi connectivity index (χ0n) is 14.9. The van der Waals surface area contributed by atoms with Crippen LogP contribution in [0.5, 0.6) is 0 Å². The number of sulfonamides is 1. The van der Waals surface area contributed by atoms with E-state index in [1.807, 2.05) is 19.9 Å². The molecule has 0 atom stereocenters. The largest absolute Gasteiger partial charge is 0.307 e. The van der Waals surface area contributed by atoms with E-state index < -0.39 is 10.0 Å². The Morgan fingerprint density at radius 2 is 1.67 bits per heavy atom. The number of rotatable bonds is 5. The molecule has 3 rings (SSSR count). The lowest BCUT2D eigenvalue weighted by atomic mass is 10.1. The van der Waals surface area contributed by atoms with Gasteiger partial charge in [-0.25, -0.2) is 13.4 Å². The minimum Gasteiger partial charge on any atom is -0.307 e. The van der Waals surface area contributed by atoms with Crippen LogP contribution in [0.25, 0.3) is 0 Å². The number of nitrogens with one attached hydrogen (secondary N) is 2. The first-order valence-corrected chi connectivity index (χ1v) is 9.76. The lowest BCUT2D eigenvalue weighted by Crippen LogP contribution is -2.15. The van der Waals surface area contributed by atoms with Crippen molar-refractivity contribution in [2.75, 3.05) is 10.0 Å². The average molecular weight is 381 g/mol. The zero-order valence-corrected chi connectivity index (χ0v) is 15.7. The normalized spacial score (nSPS) is 11.0. The Kier molecular flexibility index (Phi) is 5.23. The van der Waals surface area contributed by atoms with Gasteiger partial charge < -0.3 is 5.32 Å². The Hall–Kier alpha value is -3.19. The summed E-state index contributed by atoms with van der Waals surface area (Å²) in [5.74, 6) is 0.0652. The first-order chi connectivity index (χ1) is 12.8. The summed E-state index contributed by atoms with van der Waals surface area (Å²) >= 11 is 0. The molecule has 0 radical (unpaired) electrons. The topological polar surface area (TPSA) is 88.2 Å². The zero-order chi connectivity index (χ0) is 19.4. The number of nitrogens with zero attached hydrogens (tertiary/aromatic N) is 1. The summed E-state index contributed by atoms with van der Waals surface area (Å²) in [6.07, 6.45) is 1.57. The molecule has 0 aliphatic heterocycles. The molecule has 27 heavy (non-hydrogen) atoms. The Bertz CT molecular complexity index is 1060. The molecule has 2 N–H and O–H groups in total. The van der Waals surface area contributed by atoms with Gasteiger partial charge in [0.05, 0.1) is 4.90 Å². The highest BCUT2D eigenvalue weighted by Crippen LogP contribution is 2.19. The number of hydrogen-bond donors (Lipinski definition) is 2. The van der Waals surface area contributed by atoms with Crippen molar-refractivity contribution in [2.24, 2.45) is 0 Å². The summed E-state index contributed by atoms with van der Waals surface area (Å²) in [5.41, 5.74) is 2.92. The van der Waals surface area contributed by atoms with Crippen LogP contribution in [0.15, 0.2) is 71.8 Å². The Morgan fingerprint density at radius 3 is 2.30 bits per heavy atom. The lowest BCUT2D eigenvalue weighted by molar-refractivity contribution is 0.102. The first-order valence-electron chi connectivity index (χ1n) is 8.28. The van der Waals surface area contributed by atoms with Gasteiger partial charge >= 0.3 is 0 Å². The molecule has 1 aromatic heterocycles. The number of hydrogen-bond acceptors (Lipinski definition) is 4. The Balaban J connectivity index is 1.75. The molecule has 138 valence electrons. The maximum Gasteiger partial charge on any atom is 0.261 e. The van der Waals surface area contributed by atoms with Crippen LogP contribution in [-0.4, -0.2) is 19.3 Å². The molecule has 0 saturated carbocycles. The van der Waals surface area contributed by atoms with E-state index in [9.17, 15) is 13.2 Å². The number of carbonyl (C=O) groups is 1. The monoisotopic (exact) mass is 381 g/mol. The third kappa shape index (κ3) is 4.51. The van der Waals surface area contributed by atoms with E-state index in [-0.39, 0.29) is 10.8 Å². The van der Waals surface area contributed by atoms with Crippen molar-refractivity contribution < 1.29 is 13.2 Å². The minimum atomic E-state index is -3.74. The van der Waals surface area contributed by atoms with E-state index in [1.54, 1.807) is 36.5 Å². The molecule has 0 aliphatic rings. The van der Waals surface area contributed by atoms with Crippen LogP contribution in [0.2, 0.25) is 0 Å². The van der Waals surface area contributed by atoms with Crippen molar-refractivity contribution in [3.63, 3.8) is 0 Å². The fraction of sp³-hybridized carbons (Fsp3) is 0.100. The van der Waals surface area contributed by atoms with Crippen LogP contribution in [0.1, 0.15) is 21.5 Å². The fourth-order valence-electron chi connectivity index (χ4n) is 2.43. The van der Waals surface area contributed by atoms with Gasteiger partial charge in [-0.3, -0.25) is 9.52 Å². The van der Waals surface area contributed by atoms with E-state index in [2.05, 4.69) is 15.0 Å². The van der Waals surface area contributed by atoms with Gasteiger partial charge in [-0.05, 0) is 73.5 Å². The van der Waals surface area contributed by atoms with E-state index in [4.69, 9.17) is 0 Å². The molecule has 0 aliphatic carbocycles. The van der Waals surface area contributed by atoms with Gasteiger partial charge in [-0.1, -0.05) is 12.1 Å². The standard InChI is InChI=1S/C20H19N3O3S/c1-14-6-9-17(13-15(14)2)23-27(25,26)18-10-7-16(8-11-18)20(24)22-19-5-3-4-12-21-19/h3-13,23H,1-2H3,(H,21,22,24). The van der Waals surface area contributed by atoms with Crippen molar-refractivity contribution in [2.45, 2.75) is 18.7 Å². The van der Waals surface area contributed by atoms with Gasteiger partial charge in [-0.2, -0.15) is 0 Å². The lowest BCUT2D eigenvalue weighted by Gasteiger charge is -2.10. The van der Waals surface area contributed by atoms with Gasteiger partial charge in [0, 0.05) is 17.4 Å². The molecule has 0 spiro atoms. The highest BCUT2D eigenvalue weighted by Gasteiger charge is 2.16. The molecule has 2 aromatic carbocycles. The second kappa shape index (κ2) is 7.59. The fourth-order valence-corrected chi connectivity index (χ4v) is 3.48. The third-order valence-corrected chi connectivity index (χ3v) is 5.49. The minimum absolute atomic E-state index is 0.0788. The number of carbonyl (C=O) groups excluding carboxylic acids is 1. The summed E-state index contributed by atoms with van der Waals surface area (Å²) in [5, 5.41) is 2.65. The maximum absolute atomic E-state index is 12.5. The van der Waals surface area contributed by atoms with Crippen molar-refractivity contribution in [1.82, 2.24) is 4.98 Å². The molecule has 1 amide bonds. The number of aryl methyl sites for hydroxylation is 2. The van der Waals surface area contributed by atoms with Crippen LogP contribution >= 0.6 is 0 Å². The molecule has 3 aromatic rings. The molecule has 0 unspecified atom stereocenters. The van der Waals surface area contributed by atoms with Gasteiger partial charge in [0.1, 0.15) is 5.82 Å². The van der Waals surface area contributed by atoms with Crippen LogP contribution in [0.4, 0.5) is 11.5 Å². The molecule has 0 fully saturated rings. The molecular formula is C20H19N3O3S. The number of pyridine rings is 1. The maximum atomic E-state index is 12.5. The van der Waals surface area contributed by atoms with Crippen molar-refractivity contribution in [1.29, 1.82) is 0 Å². The smallest absolute Gasteiger partial charge is 0.261 e. The SMILES string of the molecule is Cc1ccc(NS(=O)(=O)c2ccc(C(=O)Nc3ccccn3)cc2)cc1C. The predicted octanol–water partition coefficient (Wildman–Crippen LogP) is 3.75. The Morgan fingerprint density at radius 1 is 0.926 bits per heavy atom. The summed E-state index contributed by atoms with van der Waals surface area (Å²) in [4.78, 5) is 16.3. The first kappa shape index (κ1) is 18.6. The van der Waals surface area contributed by atoms with Gasteiger partial charge in [-0.15, -0.1) is 0 Å². The number of benzene rings is 2. The molecule has 7 heteroatoms. The summed E-state index contributed by atoms with van der Waals surface area (Å²) in [6, 6.07) is 16.3. The van der Waals surface area contributed by atoms with Crippen LogP contribution < -0.4 is 10.0 Å². The van der Waals surface area contributed by atoms with Crippen molar-refractivity contribution >= 4 is 27.4 Å². The van der Waals surface area contributed by atoms with E-state index in [1.165, 1.54) is 24.3 Å². The second-order valence-electron chi connectivity index (χ2n) is 6.10. The van der Waals surface area contributed by atoms with Crippen LogP contribution in [0.3, 0.4) is 0 Å². The summed E-state index contributed by atoms with van der Waals surface area (Å²) in [6.45, 7) is 3.88. The second-order valence-corrected chi connectivity index (χ2v) is 7.78. The quantitative estimate of drug-likeness (QED) is 0.704. The predicted molar refractivity (Wildman–Crippen MR) is 105 cm³/mol. The summed E-state index contributed by atoms with van der Waals surface area (Å²) in [7, 11) is -3.74. The molecular weight excluding hydrogens is 362 g/mol. The van der Waals surface area contributed by atoms with Crippen LogP contribution in [-0.2, 0) is 10.0 Å². The molecule has 0 saturated heterocycles. The highest BCUT2D eigenvalue weighted by atomic mass is 32.2. The Labute approximate surface area is 158 Å². The third-order valence-electron chi connectivity index (χ3n) is 4.09. The average Bonchev–Trinajstić information content (AvgIpc) is 2.65. The van der Waals surface area contributed by atoms with Crippen molar-refractivity contribution in [3.8, 4) is 0 Å². The molecule has 0 bridgehead atoms. The molecule has 6 nitrogen and oxygen atoms in total.